The van der Waals surface area contributed by atoms with Gasteiger partial charge in [0.2, 0.25) is 0 Å². The molecule has 1 rings (SSSR count). The molecule has 0 aliphatic carbocycles. The van der Waals surface area contributed by atoms with Gasteiger partial charge in [-0.2, -0.15) is 0 Å². The van der Waals surface area contributed by atoms with Crippen molar-refractivity contribution in [1.29, 1.82) is 0 Å². The third-order valence-corrected chi connectivity index (χ3v) is 3.10. The van der Waals surface area contributed by atoms with Crippen molar-refractivity contribution in [2.45, 2.75) is 13.0 Å². The predicted molar refractivity (Wildman–Crippen MR) is 57.9 cm³/mol. The molecular formula is C9H14NO6P. The highest BCUT2D eigenvalue weighted by Crippen LogP contribution is 2.37. The number of rotatable bonds is 4. The molecule has 0 saturated heterocycles. The van der Waals surface area contributed by atoms with Gasteiger partial charge in [0.05, 0.1) is 12.6 Å². The van der Waals surface area contributed by atoms with Crippen LogP contribution in [0, 0.1) is 5.92 Å². The zero-order valence-electron chi connectivity index (χ0n) is 9.44. The zero-order chi connectivity index (χ0) is 13.2. The lowest BCUT2D eigenvalue weighted by Gasteiger charge is -2.31. The average Bonchev–Trinajstić information content (AvgIpc) is 2.22. The Morgan fingerprint density at radius 2 is 2.18 bits per heavy atom. The van der Waals surface area contributed by atoms with E-state index in [1.165, 1.54) is 6.20 Å². The van der Waals surface area contributed by atoms with E-state index in [0.717, 1.165) is 0 Å². The van der Waals surface area contributed by atoms with Crippen molar-refractivity contribution in [3.05, 3.63) is 11.8 Å². The lowest BCUT2D eigenvalue weighted by atomic mass is 9.89. The zero-order valence-corrected chi connectivity index (χ0v) is 10.3. The van der Waals surface area contributed by atoms with Crippen molar-refractivity contribution in [1.82, 2.24) is 4.90 Å². The Morgan fingerprint density at radius 3 is 2.65 bits per heavy atom. The largest absolute Gasteiger partial charge is 0.469 e. The highest BCUT2D eigenvalue weighted by atomic mass is 31.2. The summed E-state index contributed by atoms with van der Waals surface area (Å²) in [6.07, 6.45) is 1.96. The SMILES string of the molecule is CC1C(=O)C(C=O)C(COP(=O)(O)O)=CN1C. The van der Waals surface area contributed by atoms with Crippen molar-refractivity contribution < 1.29 is 28.5 Å². The maximum atomic E-state index is 11.7. The standard InChI is InChI=1S/C9H14NO6P/c1-6-9(12)8(4-11)7(3-10(6)2)5-16-17(13,14)15/h3-4,6,8H,5H2,1-2H3,(H2,13,14,15). The topological polar surface area (TPSA) is 104 Å². The van der Waals surface area contributed by atoms with Gasteiger partial charge in [0.15, 0.2) is 5.78 Å². The van der Waals surface area contributed by atoms with Crippen molar-refractivity contribution in [3.8, 4) is 0 Å². The maximum absolute atomic E-state index is 11.7. The highest BCUT2D eigenvalue weighted by molar-refractivity contribution is 7.46. The first-order valence-electron chi connectivity index (χ1n) is 4.88. The third-order valence-electron chi connectivity index (χ3n) is 2.63. The molecule has 1 heterocycles. The molecule has 1 aliphatic heterocycles. The van der Waals surface area contributed by atoms with Crippen LogP contribution in [0.2, 0.25) is 0 Å². The van der Waals surface area contributed by atoms with Crippen LogP contribution in [0.5, 0.6) is 0 Å². The van der Waals surface area contributed by atoms with Gasteiger partial charge in [0.1, 0.15) is 12.2 Å². The monoisotopic (exact) mass is 263 g/mol. The molecule has 0 aromatic heterocycles. The van der Waals surface area contributed by atoms with Gasteiger partial charge in [-0.1, -0.05) is 0 Å². The Balaban J connectivity index is 2.88. The smallest absolute Gasteiger partial charge is 0.371 e. The summed E-state index contributed by atoms with van der Waals surface area (Å²) in [6.45, 7) is 1.20. The second kappa shape index (κ2) is 5.10. The molecule has 0 amide bonds. The van der Waals surface area contributed by atoms with E-state index in [4.69, 9.17) is 9.79 Å². The van der Waals surface area contributed by atoms with Crippen molar-refractivity contribution in [3.63, 3.8) is 0 Å². The molecule has 17 heavy (non-hydrogen) atoms. The minimum atomic E-state index is -4.61. The number of hydrogen-bond acceptors (Lipinski definition) is 5. The van der Waals surface area contributed by atoms with Gasteiger partial charge < -0.3 is 19.5 Å². The van der Waals surface area contributed by atoms with Crippen LogP contribution < -0.4 is 0 Å². The molecule has 0 aromatic rings. The molecule has 2 N–H and O–H groups in total. The van der Waals surface area contributed by atoms with E-state index < -0.39 is 26.4 Å². The summed E-state index contributed by atoms with van der Waals surface area (Å²) in [5.41, 5.74) is 0.244. The van der Waals surface area contributed by atoms with Crippen LogP contribution in [0.4, 0.5) is 0 Å². The summed E-state index contributed by atoms with van der Waals surface area (Å²) in [6, 6.07) is -0.441. The van der Waals surface area contributed by atoms with Gasteiger partial charge in [-0.05, 0) is 12.5 Å². The second-order valence-electron chi connectivity index (χ2n) is 3.83. The fourth-order valence-corrected chi connectivity index (χ4v) is 1.85. The molecule has 0 spiro atoms. The van der Waals surface area contributed by atoms with Gasteiger partial charge in [0, 0.05) is 13.2 Å². The van der Waals surface area contributed by atoms with Crippen molar-refractivity contribution in [2.75, 3.05) is 13.7 Å². The number of nitrogens with zero attached hydrogens (tertiary/aromatic N) is 1. The molecule has 0 bridgehead atoms. The summed E-state index contributed by atoms with van der Waals surface area (Å²) in [4.78, 5) is 41.3. The first-order valence-corrected chi connectivity index (χ1v) is 6.41. The Bertz CT molecular complexity index is 400. The molecular weight excluding hydrogens is 249 g/mol. The van der Waals surface area contributed by atoms with Gasteiger partial charge in [-0.3, -0.25) is 9.32 Å². The fraction of sp³-hybridized carbons (Fsp3) is 0.556. The van der Waals surface area contributed by atoms with Crippen molar-refractivity contribution >= 4 is 19.9 Å². The number of hydrogen-bond donors (Lipinski definition) is 2. The molecule has 0 saturated carbocycles. The van der Waals surface area contributed by atoms with Crippen LogP contribution in [0.25, 0.3) is 0 Å². The van der Waals surface area contributed by atoms with Crippen LogP contribution in [0.1, 0.15) is 6.92 Å². The van der Waals surface area contributed by atoms with Gasteiger partial charge in [-0.25, -0.2) is 4.57 Å². The lowest BCUT2D eigenvalue weighted by Crippen LogP contribution is -2.43. The van der Waals surface area contributed by atoms with Crippen molar-refractivity contribution in [2.24, 2.45) is 5.92 Å². The number of carbonyl (C=O) groups excluding carboxylic acids is 2. The summed E-state index contributed by atoms with van der Waals surface area (Å²) >= 11 is 0. The second-order valence-corrected chi connectivity index (χ2v) is 5.06. The number of ketones is 1. The molecule has 2 unspecified atom stereocenters. The number of Topliss-reactive ketones (excluding diaryl/α,β-unsaturated/α-hetero) is 1. The number of phosphoric ester groups is 1. The summed E-state index contributed by atoms with van der Waals surface area (Å²) in [5.74, 6) is -1.30. The Kier molecular flexibility index (Phi) is 4.21. The first kappa shape index (κ1) is 14.1. The van der Waals surface area contributed by atoms with E-state index >= 15 is 0 Å². The molecule has 7 nitrogen and oxygen atoms in total. The Hall–Kier alpha value is -1.01. The minimum absolute atomic E-state index is 0.244. The Labute approximate surface area is 98.3 Å². The quantitative estimate of drug-likeness (QED) is 0.407. The van der Waals surface area contributed by atoms with Crippen LogP contribution in [0.15, 0.2) is 11.8 Å². The molecule has 1 aliphatic rings. The summed E-state index contributed by atoms with van der Waals surface area (Å²) < 4.78 is 14.8. The van der Waals surface area contributed by atoms with Crippen LogP contribution >= 0.6 is 7.82 Å². The number of carbonyl (C=O) groups is 2. The molecule has 2 atom stereocenters. The van der Waals surface area contributed by atoms with E-state index in [-0.39, 0.29) is 11.4 Å². The van der Waals surface area contributed by atoms with Gasteiger partial charge in [-0.15, -0.1) is 0 Å². The average molecular weight is 263 g/mol. The van der Waals surface area contributed by atoms with Crippen LogP contribution in [0.3, 0.4) is 0 Å². The normalized spacial score (nSPS) is 25.8. The van der Waals surface area contributed by atoms with Crippen LogP contribution in [-0.4, -0.2) is 46.5 Å². The van der Waals surface area contributed by atoms with E-state index in [9.17, 15) is 14.2 Å². The number of phosphoric acid groups is 1. The molecule has 0 fully saturated rings. The molecule has 96 valence electrons. The minimum Gasteiger partial charge on any atom is -0.371 e. The van der Waals surface area contributed by atoms with E-state index in [0.29, 0.717) is 6.29 Å². The molecule has 0 aromatic carbocycles. The lowest BCUT2D eigenvalue weighted by molar-refractivity contribution is -0.130. The fourth-order valence-electron chi connectivity index (χ4n) is 1.54. The van der Waals surface area contributed by atoms with E-state index in [1.54, 1.807) is 18.9 Å². The predicted octanol–water partition coefficient (Wildman–Crippen LogP) is -0.302. The molecule has 0 radical (unpaired) electrons. The van der Waals surface area contributed by atoms with Gasteiger partial charge in [0.25, 0.3) is 0 Å². The van der Waals surface area contributed by atoms with Crippen LogP contribution in [-0.2, 0) is 18.7 Å². The van der Waals surface area contributed by atoms with E-state index in [2.05, 4.69) is 4.52 Å². The highest BCUT2D eigenvalue weighted by Gasteiger charge is 2.34. The van der Waals surface area contributed by atoms with Gasteiger partial charge >= 0.3 is 7.82 Å². The summed E-state index contributed by atoms with van der Waals surface area (Å²) in [7, 11) is -2.97. The maximum Gasteiger partial charge on any atom is 0.469 e. The number of aldehydes is 1. The summed E-state index contributed by atoms with van der Waals surface area (Å²) in [5, 5.41) is 0. The third kappa shape index (κ3) is 3.47. The first-order chi connectivity index (χ1) is 7.76. The van der Waals surface area contributed by atoms with E-state index in [1.807, 2.05) is 0 Å². The number of likely N-dealkylation sites (N-methyl/N-ethyl adjacent to an activating group) is 1. The Morgan fingerprint density at radius 1 is 1.59 bits per heavy atom. The molecule has 8 heteroatoms.